The van der Waals surface area contributed by atoms with Crippen molar-refractivity contribution in [2.45, 2.75) is 5.67 Å². The van der Waals surface area contributed by atoms with Crippen molar-refractivity contribution in [3.63, 3.8) is 0 Å². The van der Waals surface area contributed by atoms with Gasteiger partial charge in [0, 0.05) is 36.3 Å². The van der Waals surface area contributed by atoms with E-state index in [1.807, 2.05) is 0 Å². The highest BCUT2D eigenvalue weighted by atomic mass is 35.5. The van der Waals surface area contributed by atoms with Crippen molar-refractivity contribution in [1.29, 1.82) is 5.26 Å². The van der Waals surface area contributed by atoms with Gasteiger partial charge in [-0.15, -0.1) is 0 Å². The van der Waals surface area contributed by atoms with Crippen LogP contribution in [0.5, 0.6) is 0 Å². The molecule has 0 saturated heterocycles. The Bertz CT molecular complexity index is 1680. The fourth-order valence-electron chi connectivity index (χ4n) is 4.29. The highest BCUT2D eigenvalue weighted by Crippen LogP contribution is 2.41. The number of hydrogen-bond acceptors (Lipinski definition) is 4. The molecule has 2 aromatic carbocycles. The first-order valence-electron chi connectivity index (χ1n) is 10.8. The molecule has 3 aromatic heterocycles. The molecule has 0 spiro atoms. The maximum Gasteiger partial charge on any atom is 0.251 e. The minimum atomic E-state index is -2.15. The van der Waals surface area contributed by atoms with E-state index in [-0.39, 0.29) is 11.3 Å². The minimum absolute atomic E-state index is 0.132. The fourth-order valence-corrected chi connectivity index (χ4v) is 4.42. The van der Waals surface area contributed by atoms with Gasteiger partial charge in [-0.25, -0.2) is 14.4 Å². The molecule has 0 radical (unpaired) electrons. The van der Waals surface area contributed by atoms with Crippen LogP contribution in [-0.2, 0) is 19.8 Å². The molecule has 1 unspecified atom stereocenters. The summed E-state index contributed by atoms with van der Waals surface area (Å²) >= 11 is 6.08. The smallest absolute Gasteiger partial charge is 0.251 e. The summed E-state index contributed by atoms with van der Waals surface area (Å²) in [4.78, 5) is 21.6. The zero-order valence-electron chi connectivity index (χ0n) is 18.9. The molecule has 8 heteroatoms. The Hall–Kier alpha value is -4.28. The average Bonchev–Trinajstić information content (AvgIpc) is 3.32. The van der Waals surface area contributed by atoms with Crippen LogP contribution in [0.2, 0.25) is 5.02 Å². The molecule has 3 heterocycles. The second-order valence-corrected chi connectivity index (χ2v) is 8.70. The molecule has 0 fully saturated rings. The lowest BCUT2D eigenvalue weighted by Gasteiger charge is -2.26. The zero-order valence-corrected chi connectivity index (χ0v) is 19.7. The van der Waals surface area contributed by atoms with E-state index in [1.54, 1.807) is 79.3 Å². The third-order valence-corrected chi connectivity index (χ3v) is 6.41. The van der Waals surface area contributed by atoms with Gasteiger partial charge in [0.2, 0.25) is 5.67 Å². The molecule has 35 heavy (non-hydrogen) atoms. The van der Waals surface area contributed by atoms with Gasteiger partial charge >= 0.3 is 0 Å². The highest BCUT2D eigenvalue weighted by molar-refractivity contribution is 6.30. The van der Waals surface area contributed by atoms with E-state index in [1.165, 1.54) is 23.2 Å². The normalized spacial score (nSPS) is 12.9. The molecule has 0 amide bonds. The number of benzene rings is 2. The summed E-state index contributed by atoms with van der Waals surface area (Å²) < 4.78 is 20.4. The number of nitriles is 1. The lowest BCUT2D eigenvalue weighted by Crippen LogP contribution is -2.28. The van der Waals surface area contributed by atoms with Crippen LogP contribution < -0.4 is 5.56 Å². The fraction of sp³-hybridized carbons (Fsp3) is 0.111. The van der Waals surface area contributed by atoms with E-state index >= 15 is 4.39 Å². The van der Waals surface area contributed by atoms with Crippen molar-refractivity contribution in [2.75, 3.05) is 0 Å². The molecule has 6 nitrogen and oxygen atoms in total. The van der Waals surface area contributed by atoms with Gasteiger partial charge in [0.05, 0.1) is 46.6 Å². The quantitative estimate of drug-likeness (QED) is 0.355. The lowest BCUT2D eigenvalue weighted by atomic mass is 9.88. The number of aryl methyl sites for hydroxylation is 2. The van der Waals surface area contributed by atoms with Gasteiger partial charge in [-0.2, -0.15) is 5.26 Å². The van der Waals surface area contributed by atoms with Gasteiger partial charge in [0.1, 0.15) is 0 Å². The molecule has 5 aromatic rings. The van der Waals surface area contributed by atoms with Crippen LogP contribution in [0.3, 0.4) is 0 Å². The van der Waals surface area contributed by atoms with Crippen LogP contribution >= 0.6 is 11.6 Å². The van der Waals surface area contributed by atoms with Gasteiger partial charge in [-0.05, 0) is 42.0 Å². The maximum absolute atomic E-state index is 17.3. The van der Waals surface area contributed by atoms with E-state index in [9.17, 15) is 10.1 Å². The van der Waals surface area contributed by atoms with Crippen LogP contribution in [0.25, 0.3) is 22.2 Å². The van der Waals surface area contributed by atoms with Crippen molar-refractivity contribution in [3.8, 4) is 17.2 Å². The number of fused-ring (bicyclic) bond motifs is 1. The van der Waals surface area contributed by atoms with E-state index in [0.29, 0.717) is 44.0 Å². The molecule has 0 N–H and O–H groups in total. The second-order valence-electron chi connectivity index (χ2n) is 8.27. The first-order valence-corrected chi connectivity index (χ1v) is 11.1. The van der Waals surface area contributed by atoms with Crippen molar-refractivity contribution >= 4 is 22.6 Å². The van der Waals surface area contributed by atoms with Crippen molar-refractivity contribution in [3.05, 3.63) is 117 Å². The summed E-state index contributed by atoms with van der Waals surface area (Å²) in [5, 5.41) is 9.84. The molecule has 0 bridgehead atoms. The Balaban J connectivity index is 1.84. The van der Waals surface area contributed by atoms with Gasteiger partial charge in [0.15, 0.2) is 0 Å². The number of nitrogens with zero attached hydrogens (tertiary/aromatic N) is 5. The Kier molecular flexibility index (Phi) is 5.46. The summed E-state index contributed by atoms with van der Waals surface area (Å²) in [5.74, 6) is 0. The first kappa shape index (κ1) is 22.5. The Labute approximate surface area is 205 Å². The van der Waals surface area contributed by atoms with Gasteiger partial charge in [-0.3, -0.25) is 4.79 Å². The number of aromatic nitrogens is 4. The number of rotatable bonds is 4. The standard InChI is InChI=1S/C27H19ClFN5O/c1-33-16-31-15-24(33)27(29,19-6-8-20(28)9-7-19)23-11-10-22-26(32-23)21(13-25(35)34(22)2)18-5-3-4-17(12-18)14-30/h3-13,15-16H,1-2H3. The molecule has 0 aliphatic rings. The Morgan fingerprint density at radius 3 is 2.51 bits per heavy atom. The largest absolute Gasteiger partial charge is 0.334 e. The summed E-state index contributed by atoms with van der Waals surface area (Å²) in [6.07, 6.45) is 3.00. The molecule has 5 rings (SSSR count). The molecule has 0 saturated carbocycles. The van der Waals surface area contributed by atoms with E-state index < -0.39 is 5.67 Å². The SMILES string of the molecule is Cn1cncc1C(F)(c1ccc(Cl)cc1)c1ccc2c(n1)c(-c1cccc(C#N)c1)cc(=O)n2C. The summed E-state index contributed by atoms with van der Waals surface area (Å²) in [5.41, 5.74) is 0.985. The number of pyridine rings is 2. The molecular formula is C27H19ClFN5O. The minimum Gasteiger partial charge on any atom is -0.334 e. The van der Waals surface area contributed by atoms with Crippen LogP contribution in [0.1, 0.15) is 22.5 Å². The number of alkyl halides is 1. The van der Waals surface area contributed by atoms with Crippen LogP contribution in [0, 0.1) is 11.3 Å². The first-order chi connectivity index (χ1) is 16.8. The predicted octanol–water partition coefficient (Wildman–Crippen LogP) is 5.12. The Morgan fingerprint density at radius 1 is 1.06 bits per heavy atom. The lowest BCUT2D eigenvalue weighted by molar-refractivity contribution is 0.260. The van der Waals surface area contributed by atoms with E-state index in [0.717, 1.165) is 0 Å². The van der Waals surface area contributed by atoms with Gasteiger partial charge in [0.25, 0.3) is 5.56 Å². The third-order valence-electron chi connectivity index (χ3n) is 6.16. The summed E-state index contributed by atoms with van der Waals surface area (Å²) in [6.45, 7) is 0. The molecule has 0 aliphatic carbocycles. The zero-order chi connectivity index (χ0) is 24.7. The monoisotopic (exact) mass is 483 g/mol. The number of halogens is 2. The second kappa shape index (κ2) is 8.49. The highest BCUT2D eigenvalue weighted by Gasteiger charge is 2.41. The summed E-state index contributed by atoms with van der Waals surface area (Å²) in [6, 6.07) is 20.3. The van der Waals surface area contributed by atoms with Gasteiger partial charge < -0.3 is 9.13 Å². The van der Waals surface area contributed by atoms with Crippen LogP contribution in [0.4, 0.5) is 4.39 Å². The Morgan fingerprint density at radius 2 is 1.83 bits per heavy atom. The van der Waals surface area contributed by atoms with Crippen molar-refractivity contribution in [1.82, 2.24) is 19.1 Å². The van der Waals surface area contributed by atoms with E-state index in [2.05, 4.69) is 11.1 Å². The number of imidazole rings is 1. The third kappa shape index (κ3) is 3.69. The van der Waals surface area contributed by atoms with Crippen molar-refractivity contribution in [2.24, 2.45) is 14.1 Å². The topological polar surface area (TPSA) is 76.5 Å². The molecule has 0 aliphatic heterocycles. The van der Waals surface area contributed by atoms with Gasteiger partial charge in [-0.1, -0.05) is 35.9 Å². The molecule has 1 atom stereocenters. The molecule has 172 valence electrons. The number of hydrogen-bond donors (Lipinski definition) is 0. The summed E-state index contributed by atoms with van der Waals surface area (Å²) in [7, 11) is 3.36. The van der Waals surface area contributed by atoms with Crippen LogP contribution in [-0.4, -0.2) is 19.1 Å². The molecular weight excluding hydrogens is 465 g/mol. The average molecular weight is 484 g/mol. The van der Waals surface area contributed by atoms with Crippen molar-refractivity contribution < 1.29 is 4.39 Å². The van der Waals surface area contributed by atoms with Crippen LogP contribution in [0.15, 0.2) is 84.0 Å². The maximum atomic E-state index is 17.3. The van der Waals surface area contributed by atoms with E-state index in [4.69, 9.17) is 16.6 Å². The predicted molar refractivity (Wildman–Crippen MR) is 133 cm³/mol.